The van der Waals surface area contributed by atoms with Crippen LogP contribution in [0.1, 0.15) is 25.7 Å². The fourth-order valence-electron chi connectivity index (χ4n) is 2.71. The number of methoxy groups -OCH3 is 1. The van der Waals surface area contributed by atoms with Gasteiger partial charge < -0.3 is 20.1 Å². The second-order valence-corrected chi connectivity index (χ2v) is 5.31. The topological polar surface area (TPSA) is 59.6 Å². The van der Waals surface area contributed by atoms with Crippen LogP contribution in [0.2, 0.25) is 0 Å². The number of likely N-dealkylation sites (N-methyl/N-ethyl adjacent to an activating group) is 1. The molecule has 0 spiro atoms. The quantitative estimate of drug-likeness (QED) is 0.844. The Kier molecular flexibility index (Phi) is 6.02. The molecule has 5 heteroatoms. The van der Waals surface area contributed by atoms with E-state index < -0.39 is 0 Å². The third kappa shape index (κ3) is 4.72. The zero-order valence-electron chi connectivity index (χ0n) is 12.7. The number of carbonyl (C=O) groups is 1. The minimum atomic E-state index is -0.135. The lowest BCUT2D eigenvalue weighted by Gasteiger charge is -2.30. The molecular weight excluding hydrogens is 268 g/mol. The number of amides is 1. The van der Waals surface area contributed by atoms with Gasteiger partial charge in [0.1, 0.15) is 12.4 Å². The van der Waals surface area contributed by atoms with Crippen molar-refractivity contribution in [1.82, 2.24) is 5.32 Å². The van der Waals surface area contributed by atoms with Gasteiger partial charge in [0.15, 0.2) is 0 Å². The number of ether oxygens (including phenoxy) is 2. The van der Waals surface area contributed by atoms with Gasteiger partial charge in [-0.3, -0.25) is 4.79 Å². The first kappa shape index (κ1) is 15.8. The summed E-state index contributed by atoms with van der Waals surface area (Å²) in [6.07, 6.45) is 4.64. The van der Waals surface area contributed by atoms with Crippen molar-refractivity contribution in [2.75, 3.05) is 26.1 Å². The second kappa shape index (κ2) is 8.00. The van der Waals surface area contributed by atoms with Gasteiger partial charge >= 0.3 is 0 Å². The van der Waals surface area contributed by atoms with Crippen molar-refractivity contribution in [1.29, 1.82) is 0 Å². The van der Waals surface area contributed by atoms with Gasteiger partial charge in [-0.05, 0) is 32.0 Å². The zero-order chi connectivity index (χ0) is 15.1. The van der Waals surface area contributed by atoms with E-state index in [1.165, 1.54) is 12.8 Å². The summed E-state index contributed by atoms with van der Waals surface area (Å²) in [5.41, 5.74) is 0.719. The maximum Gasteiger partial charge on any atom is 0.250 e. The Balaban J connectivity index is 1.81. The molecular formula is C16H24N2O3. The highest BCUT2D eigenvalue weighted by Crippen LogP contribution is 2.21. The van der Waals surface area contributed by atoms with Gasteiger partial charge in [-0.2, -0.15) is 0 Å². The summed E-state index contributed by atoms with van der Waals surface area (Å²) < 4.78 is 10.9. The van der Waals surface area contributed by atoms with Crippen molar-refractivity contribution >= 4 is 11.6 Å². The van der Waals surface area contributed by atoms with Crippen LogP contribution in [0.25, 0.3) is 0 Å². The highest BCUT2D eigenvalue weighted by Gasteiger charge is 2.24. The molecule has 5 nitrogen and oxygen atoms in total. The summed E-state index contributed by atoms with van der Waals surface area (Å²) in [6.45, 7) is 0.0834. The van der Waals surface area contributed by atoms with Gasteiger partial charge in [0, 0.05) is 17.8 Å². The largest absolute Gasteiger partial charge is 0.497 e. The van der Waals surface area contributed by atoms with E-state index in [9.17, 15) is 4.79 Å². The first-order valence-corrected chi connectivity index (χ1v) is 7.45. The molecule has 1 aromatic carbocycles. The minimum Gasteiger partial charge on any atom is -0.497 e. The van der Waals surface area contributed by atoms with Crippen molar-refractivity contribution in [2.24, 2.45) is 0 Å². The third-order valence-corrected chi connectivity index (χ3v) is 3.86. The smallest absolute Gasteiger partial charge is 0.250 e. The lowest BCUT2D eigenvalue weighted by Crippen LogP contribution is -2.42. The minimum absolute atomic E-state index is 0.0834. The predicted octanol–water partition coefficient (Wildman–Crippen LogP) is 2.18. The number of nitrogens with one attached hydrogen (secondary N) is 2. The Hall–Kier alpha value is -1.59. The van der Waals surface area contributed by atoms with E-state index in [1.54, 1.807) is 13.2 Å². The normalized spacial score (nSPS) is 21.8. The summed E-state index contributed by atoms with van der Waals surface area (Å²) in [5, 5.41) is 6.09. The van der Waals surface area contributed by atoms with E-state index >= 15 is 0 Å². The van der Waals surface area contributed by atoms with Crippen LogP contribution in [0.4, 0.5) is 5.69 Å². The van der Waals surface area contributed by atoms with Crippen LogP contribution in [0.15, 0.2) is 24.3 Å². The van der Waals surface area contributed by atoms with E-state index in [0.717, 1.165) is 24.3 Å². The molecule has 2 N–H and O–H groups in total. The molecule has 0 aromatic heterocycles. The van der Waals surface area contributed by atoms with E-state index in [-0.39, 0.29) is 18.6 Å². The Bertz CT molecular complexity index is 465. The van der Waals surface area contributed by atoms with E-state index in [4.69, 9.17) is 9.47 Å². The van der Waals surface area contributed by atoms with Gasteiger partial charge in [0.2, 0.25) is 5.91 Å². The average Bonchev–Trinajstić information content (AvgIpc) is 2.53. The van der Waals surface area contributed by atoms with Crippen LogP contribution in [0.3, 0.4) is 0 Å². The standard InChI is InChI=1S/C16H24N2O3/c1-17-14-8-3-4-9-15(14)21-11-16(19)18-12-6-5-7-13(10-12)20-2/h5-7,10,14-15,17H,3-4,8-9,11H2,1-2H3,(H,18,19). The van der Waals surface area contributed by atoms with Crippen LogP contribution in [0, 0.1) is 0 Å². The van der Waals surface area contributed by atoms with Crippen molar-refractivity contribution < 1.29 is 14.3 Å². The Morgan fingerprint density at radius 2 is 2.14 bits per heavy atom. The van der Waals surface area contributed by atoms with E-state index in [2.05, 4.69) is 10.6 Å². The SMILES string of the molecule is CNC1CCCCC1OCC(=O)Nc1cccc(OC)c1. The summed E-state index contributed by atoms with van der Waals surface area (Å²) >= 11 is 0. The molecule has 2 atom stereocenters. The highest BCUT2D eigenvalue weighted by molar-refractivity contribution is 5.91. The third-order valence-electron chi connectivity index (χ3n) is 3.86. The van der Waals surface area contributed by atoms with Crippen molar-refractivity contribution in [3.63, 3.8) is 0 Å². The molecule has 2 unspecified atom stereocenters. The van der Waals surface area contributed by atoms with Gasteiger partial charge in [0.25, 0.3) is 0 Å². The molecule has 1 amide bonds. The van der Waals surface area contributed by atoms with E-state index in [1.807, 2.05) is 25.2 Å². The average molecular weight is 292 g/mol. The molecule has 0 aliphatic heterocycles. The number of hydrogen-bond acceptors (Lipinski definition) is 4. The van der Waals surface area contributed by atoms with Crippen LogP contribution >= 0.6 is 0 Å². The number of anilines is 1. The van der Waals surface area contributed by atoms with E-state index in [0.29, 0.717) is 6.04 Å². The molecule has 1 aliphatic rings. The van der Waals surface area contributed by atoms with Crippen molar-refractivity contribution in [2.45, 2.75) is 37.8 Å². The first-order valence-electron chi connectivity index (χ1n) is 7.45. The van der Waals surface area contributed by atoms with Crippen LogP contribution < -0.4 is 15.4 Å². The lowest BCUT2D eigenvalue weighted by atomic mass is 9.92. The molecule has 0 radical (unpaired) electrons. The summed E-state index contributed by atoms with van der Waals surface area (Å²) in [5.74, 6) is 0.583. The van der Waals surface area contributed by atoms with Gasteiger partial charge in [0.05, 0.1) is 13.2 Å². The fourth-order valence-corrected chi connectivity index (χ4v) is 2.71. The fraction of sp³-hybridized carbons (Fsp3) is 0.562. The number of benzene rings is 1. The van der Waals surface area contributed by atoms with Gasteiger partial charge in [-0.25, -0.2) is 0 Å². The first-order chi connectivity index (χ1) is 10.2. The summed E-state index contributed by atoms with van der Waals surface area (Å²) in [6, 6.07) is 7.65. The van der Waals surface area contributed by atoms with Crippen molar-refractivity contribution in [3.8, 4) is 5.75 Å². The highest BCUT2D eigenvalue weighted by atomic mass is 16.5. The molecule has 0 saturated heterocycles. The van der Waals surface area contributed by atoms with Crippen LogP contribution in [0.5, 0.6) is 5.75 Å². The van der Waals surface area contributed by atoms with Crippen LogP contribution in [-0.2, 0) is 9.53 Å². The maximum absolute atomic E-state index is 12.0. The molecule has 1 aromatic rings. The Morgan fingerprint density at radius 3 is 2.90 bits per heavy atom. The van der Waals surface area contributed by atoms with Gasteiger partial charge in [-0.1, -0.05) is 18.9 Å². The molecule has 1 saturated carbocycles. The maximum atomic E-state index is 12.0. The van der Waals surface area contributed by atoms with Crippen LogP contribution in [-0.4, -0.2) is 38.8 Å². The number of rotatable bonds is 6. The van der Waals surface area contributed by atoms with Crippen molar-refractivity contribution in [3.05, 3.63) is 24.3 Å². The van der Waals surface area contributed by atoms with Gasteiger partial charge in [-0.15, -0.1) is 0 Å². The number of carbonyl (C=O) groups excluding carboxylic acids is 1. The lowest BCUT2D eigenvalue weighted by molar-refractivity contribution is -0.123. The Labute approximate surface area is 126 Å². The molecule has 0 bridgehead atoms. The Morgan fingerprint density at radius 1 is 1.33 bits per heavy atom. The predicted molar refractivity (Wildman–Crippen MR) is 82.7 cm³/mol. The summed E-state index contributed by atoms with van der Waals surface area (Å²) in [7, 11) is 3.55. The number of hydrogen-bond donors (Lipinski definition) is 2. The molecule has 1 fully saturated rings. The second-order valence-electron chi connectivity index (χ2n) is 5.31. The molecule has 2 rings (SSSR count). The molecule has 0 heterocycles. The molecule has 21 heavy (non-hydrogen) atoms. The zero-order valence-corrected chi connectivity index (χ0v) is 12.7. The summed E-state index contributed by atoms with van der Waals surface area (Å²) in [4.78, 5) is 12.0. The molecule has 116 valence electrons. The molecule has 1 aliphatic carbocycles. The monoisotopic (exact) mass is 292 g/mol.